The molecule has 2 nitrogen and oxygen atoms in total. The highest BCUT2D eigenvalue weighted by molar-refractivity contribution is 5.74. The van der Waals surface area contributed by atoms with E-state index < -0.39 is 31.3 Å². The summed E-state index contributed by atoms with van der Waals surface area (Å²) in [5.41, 5.74) is 0. The standard InChI is InChI=1S/C5H4F6O2/c6-2(3(7)8)4(12)13-1-5(9,10)11/h2-3H,1H2. The van der Waals surface area contributed by atoms with Crippen LogP contribution in [0.3, 0.4) is 0 Å². The first-order chi connectivity index (χ1) is 5.74. The van der Waals surface area contributed by atoms with Crippen molar-refractivity contribution >= 4 is 5.97 Å². The lowest BCUT2D eigenvalue weighted by atomic mass is 10.4. The van der Waals surface area contributed by atoms with Crippen LogP contribution in [0, 0.1) is 0 Å². The predicted molar refractivity (Wildman–Crippen MR) is 27.9 cm³/mol. The fourth-order valence-electron chi connectivity index (χ4n) is 0.335. The van der Waals surface area contributed by atoms with E-state index >= 15 is 0 Å². The molecular weight excluding hydrogens is 206 g/mol. The summed E-state index contributed by atoms with van der Waals surface area (Å²) in [6, 6.07) is 0. The van der Waals surface area contributed by atoms with Crippen LogP contribution in [0.2, 0.25) is 0 Å². The highest BCUT2D eigenvalue weighted by Gasteiger charge is 2.34. The quantitative estimate of drug-likeness (QED) is 0.523. The molecule has 0 fully saturated rings. The van der Waals surface area contributed by atoms with Gasteiger partial charge in [-0.1, -0.05) is 0 Å². The number of hydrogen-bond acceptors (Lipinski definition) is 2. The molecule has 0 rings (SSSR count). The summed E-state index contributed by atoms with van der Waals surface area (Å²) in [5, 5.41) is 0. The third kappa shape index (κ3) is 5.31. The molecule has 8 heteroatoms. The van der Waals surface area contributed by atoms with Gasteiger partial charge in [0.25, 0.3) is 12.6 Å². The first-order valence-electron chi connectivity index (χ1n) is 2.89. The fraction of sp³-hybridized carbons (Fsp3) is 0.800. The number of carbonyl (C=O) groups is 1. The van der Waals surface area contributed by atoms with Gasteiger partial charge in [-0.3, -0.25) is 0 Å². The summed E-state index contributed by atoms with van der Waals surface area (Å²) in [4.78, 5) is 10.1. The highest BCUT2D eigenvalue weighted by Crippen LogP contribution is 2.16. The van der Waals surface area contributed by atoms with Crippen LogP contribution in [0.25, 0.3) is 0 Å². The molecule has 0 aliphatic heterocycles. The number of ether oxygens (including phenoxy) is 1. The predicted octanol–water partition coefficient (Wildman–Crippen LogP) is 1.70. The average molecular weight is 210 g/mol. The summed E-state index contributed by atoms with van der Waals surface area (Å²) < 4.78 is 71.7. The minimum absolute atomic E-state index is 2.07. The van der Waals surface area contributed by atoms with Crippen molar-refractivity contribution in [3.05, 3.63) is 0 Å². The summed E-state index contributed by atoms with van der Waals surface area (Å²) in [6.45, 7) is -2.07. The number of hydrogen-bond donors (Lipinski definition) is 0. The zero-order chi connectivity index (χ0) is 10.6. The van der Waals surface area contributed by atoms with Crippen molar-refractivity contribution in [1.82, 2.24) is 0 Å². The third-order valence-corrected chi connectivity index (χ3v) is 0.824. The van der Waals surface area contributed by atoms with Crippen molar-refractivity contribution in [3.63, 3.8) is 0 Å². The van der Waals surface area contributed by atoms with Crippen LogP contribution in [0.4, 0.5) is 26.3 Å². The molecule has 0 aliphatic rings. The van der Waals surface area contributed by atoms with Crippen LogP contribution in [-0.4, -0.2) is 31.3 Å². The molecule has 0 bridgehead atoms. The van der Waals surface area contributed by atoms with Crippen molar-refractivity contribution in [2.24, 2.45) is 0 Å². The van der Waals surface area contributed by atoms with E-state index in [1.165, 1.54) is 0 Å². The van der Waals surface area contributed by atoms with E-state index in [9.17, 15) is 31.1 Å². The second-order valence-electron chi connectivity index (χ2n) is 1.96. The molecule has 0 aromatic heterocycles. The van der Waals surface area contributed by atoms with E-state index in [1.54, 1.807) is 0 Å². The maximum Gasteiger partial charge on any atom is 0.422 e. The molecule has 0 aromatic rings. The van der Waals surface area contributed by atoms with Gasteiger partial charge in [0, 0.05) is 0 Å². The van der Waals surface area contributed by atoms with E-state index in [4.69, 9.17) is 0 Å². The van der Waals surface area contributed by atoms with Crippen LogP contribution >= 0.6 is 0 Å². The van der Waals surface area contributed by atoms with Gasteiger partial charge < -0.3 is 4.74 Å². The van der Waals surface area contributed by atoms with Gasteiger partial charge in [0.05, 0.1) is 0 Å². The van der Waals surface area contributed by atoms with Crippen LogP contribution < -0.4 is 0 Å². The lowest BCUT2D eigenvalue weighted by molar-refractivity contribution is -0.192. The normalized spacial score (nSPS) is 14.4. The van der Waals surface area contributed by atoms with Gasteiger partial charge in [0.1, 0.15) is 0 Å². The smallest absolute Gasteiger partial charge is 0.422 e. The number of carbonyl (C=O) groups excluding carboxylic acids is 1. The number of alkyl halides is 6. The van der Waals surface area contributed by atoms with E-state index in [2.05, 4.69) is 4.74 Å². The summed E-state index contributed by atoms with van der Waals surface area (Å²) in [5.74, 6) is -2.22. The van der Waals surface area contributed by atoms with Crippen molar-refractivity contribution < 1.29 is 35.9 Å². The Morgan fingerprint density at radius 3 is 2.00 bits per heavy atom. The Kier molecular flexibility index (Phi) is 4.02. The molecule has 0 N–H and O–H groups in total. The largest absolute Gasteiger partial charge is 0.454 e. The van der Waals surface area contributed by atoms with Gasteiger partial charge in [0.15, 0.2) is 6.61 Å². The molecule has 0 aliphatic carbocycles. The Labute approximate surface area is 68.5 Å². The van der Waals surface area contributed by atoms with E-state index in [0.717, 1.165) is 0 Å². The monoisotopic (exact) mass is 210 g/mol. The van der Waals surface area contributed by atoms with Gasteiger partial charge in [-0.15, -0.1) is 0 Å². The van der Waals surface area contributed by atoms with E-state index in [0.29, 0.717) is 0 Å². The van der Waals surface area contributed by atoms with Gasteiger partial charge in [0.2, 0.25) is 0 Å². The zero-order valence-electron chi connectivity index (χ0n) is 5.95. The van der Waals surface area contributed by atoms with E-state index in [1.807, 2.05) is 0 Å². The Morgan fingerprint density at radius 2 is 1.69 bits per heavy atom. The molecule has 0 spiro atoms. The van der Waals surface area contributed by atoms with Crippen molar-refractivity contribution in [1.29, 1.82) is 0 Å². The minimum atomic E-state index is -4.85. The Balaban J connectivity index is 3.89. The molecule has 13 heavy (non-hydrogen) atoms. The molecule has 78 valence electrons. The van der Waals surface area contributed by atoms with E-state index in [-0.39, 0.29) is 0 Å². The molecule has 1 unspecified atom stereocenters. The maximum absolute atomic E-state index is 11.9. The molecule has 0 heterocycles. The molecule has 0 saturated heterocycles. The van der Waals surface area contributed by atoms with Crippen LogP contribution in [0.15, 0.2) is 0 Å². The zero-order valence-corrected chi connectivity index (χ0v) is 5.95. The maximum atomic E-state index is 11.9. The van der Waals surface area contributed by atoms with Gasteiger partial charge in [-0.25, -0.2) is 18.0 Å². The number of rotatable bonds is 3. The molecular formula is C5H4F6O2. The van der Waals surface area contributed by atoms with Crippen molar-refractivity contribution in [2.45, 2.75) is 18.8 Å². The summed E-state index contributed by atoms with van der Waals surface area (Å²) in [6.07, 6.45) is -11.9. The van der Waals surface area contributed by atoms with Gasteiger partial charge in [-0.05, 0) is 0 Å². The minimum Gasteiger partial charge on any atom is -0.454 e. The molecule has 0 amide bonds. The second-order valence-corrected chi connectivity index (χ2v) is 1.96. The number of esters is 1. The summed E-state index contributed by atoms with van der Waals surface area (Å²) >= 11 is 0. The second kappa shape index (κ2) is 4.33. The molecule has 0 aromatic carbocycles. The SMILES string of the molecule is O=C(OCC(F)(F)F)C(F)C(F)F. The fourth-order valence-corrected chi connectivity index (χ4v) is 0.335. The lowest BCUT2D eigenvalue weighted by Crippen LogP contribution is -2.29. The highest BCUT2D eigenvalue weighted by atomic mass is 19.4. The molecule has 0 radical (unpaired) electrons. The number of halogens is 6. The van der Waals surface area contributed by atoms with Crippen LogP contribution in [0.5, 0.6) is 0 Å². The van der Waals surface area contributed by atoms with Crippen LogP contribution in [-0.2, 0) is 9.53 Å². The van der Waals surface area contributed by atoms with Gasteiger partial charge >= 0.3 is 12.1 Å². The molecule has 1 atom stereocenters. The van der Waals surface area contributed by atoms with Gasteiger partial charge in [-0.2, -0.15) is 13.2 Å². The lowest BCUT2D eigenvalue weighted by Gasteiger charge is -2.09. The first kappa shape index (κ1) is 12.0. The average Bonchev–Trinajstić information content (AvgIpc) is 1.97. The topological polar surface area (TPSA) is 26.3 Å². The van der Waals surface area contributed by atoms with Crippen molar-refractivity contribution in [3.8, 4) is 0 Å². The van der Waals surface area contributed by atoms with Crippen molar-refractivity contribution in [2.75, 3.05) is 6.61 Å². The third-order valence-electron chi connectivity index (χ3n) is 0.824. The Bertz CT molecular complexity index is 176. The van der Waals surface area contributed by atoms with Crippen LogP contribution in [0.1, 0.15) is 0 Å². The Morgan fingerprint density at radius 1 is 1.23 bits per heavy atom. The summed E-state index contributed by atoms with van der Waals surface area (Å²) in [7, 11) is 0. The first-order valence-corrected chi connectivity index (χ1v) is 2.89. The molecule has 0 saturated carbocycles. The Hall–Kier alpha value is -0.950.